The summed E-state index contributed by atoms with van der Waals surface area (Å²) in [4.78, 5) is 3.99. The third-order valence-corrected chi connectivity index (χ3v) is 2.73. The highest BCUT2D eigenvalue weighted by molar-refractivity contribution is 4.90. The normalized spacial score (nSPS) is 14.1. The average molecular weight is 279 g/mol. The number of nitrogens with zero attached hydrogens (tertiary/aromatic N) is 2. The van der Waals surface area contributed by atoms with Gasteiger partial charge in [-0.1, -0.05) is 19.0 Å². The standard InChI is InChI=1S/C12H20F3N3O/c1-8(2)6-9(16-3)7-11-17-10(18-19-11)4-5-12(13,14)15/h8-9,16H,4-7H2,1-3H3. The van der Waals surface area contributed by atoms with Crippen LogP contribution >= 0.6 is 0 Å². The van der Waals surface area contributed by atoms with E-state index in [1.54, 1.807) is 0 Å². The van der Waals surface area contributed by atoms with Gasteiger partial charge in [0.2, 0.25) is 5.89 Å². The first kappa shape index (κ1) is 15.9. The van der Waals surface area contributed by atoms with E-state index in [1.165, 1.54) is 0 Å². The quantitative estimate of drug-likeness (QED) is 0.833. The molecule has 0 aliphatic carbocycles. The van der Waals surface area contributed by atoms with Crippen molar-refractivity contribution in [2.75, 3.05) is 7.05 Å². The Kier molecular flexibility index (Phi) is 5.78. The molecule has 1 unspecified atom stereocenters. The van der Waals surface area contributed by atoms with Gasteiger partial charge in [0.05, 0.1) is 6.42 Å². The number of nitrogens with one attached hydrogen (secondary N) is 1. The highest BCUT2D eigenvalue weighted by atomic mass is 19.4. The molecular formula is C12H20F3N3O. The van der Waals surface area contributed by atoms with Gasteiger partial charge in [-0.25, -0.2) is 0 Å². The molecule has 19 heavy (non-hydrogen) atoms. The van der Waals surface area contributed by atoms with E-state index in [-0.39, 0.29) is 18.3 Å². The van der Waals surface area contributed by atoms with Crippen LogP contribution in [0.25, 0.3) is 0 Å². The highest BCUT2D eigenvalue weighted by Gasteiger charge is 2.27. The largest absolute Gasteiger partial charge is 0.389 e. The minimum atomic E-state index is -4.19. The van der Waals surface area contributed by atoms with Crippen LogP contribution in [0.2, 0.25) is 0 Å². The lowest BCUT2D eigenvalue weighted by molar-refractivity contribution is -0.134. The lowest BCUT2D eigenvalue weighted by Crippen LogP contribution is -2.29. The molecule has 1 heterocycles. The average Bonchev–Trinajstić information content (AvgIpc) is 2.72. The zero-order valence-electron chi connectivity index (χ0n) is 11.4. The molecule has 1 atom stereocenters. The molecule has 0 aliphatic rings. The van der Waals surface area contributed by atoms with E-state index < -0.39 is 12.6 Å². The van der Waals surface area contributed by atoms with Gasteiger partial charge in [-0.2, -0.15) is 18.2 Å². The smallest absolute Gasteiger partial charge is 0.339 e. The Morgan fingerprint density at radius 3 is 2.53 bits per heavy atom. The van der Waals surface area contributed by atoms with Gasteiger partial charge in [0.25, 0.3) is 0 Å². The fourth-order valence-corrected chi connectivity index (χ4v) is 1.81. The third kappa shape index (κ3) is 6.56. The van der Waals surface area contributed by atoms with Crippen molar-refractivity contribution < 1.29 is 17.7 Å². The highest BCUT2D eigenvalue weighted by Crippen LogP contribution is 2.21. The van der Waals surface area contributed by atoms with Crippen molar-refractivity contribution in [2.45, 2.75) is 51.7 Å². The van der Waals surface area contributed by atoms with Crippen molar-refractivity contribution >= 4 is 0 Å². The van der Waals surface area contributed by atoms with Gasteiger partial charge in [-0.05, 0) is 19.4 Å². The van der Waals surface area contributed by atoms with Crippen LogP contribution in [0.4, 0.5) is 13.2 Å². The minimum Gasteiger partial charge on any atom is -0.339 e. The summed E-state index contributed by atoms with van der Waals surface area (Å²) in [6.07, 6.45) is -3.87. The van der Waals surface area contributed by atoms with E-state index >= 15 is 0 Å². The number of hydrogen-bond donors (Lipinski definition) is 1. The Hall–Kier alpha value is -1.11. The number of likely N-dealkylation sites (N-methyl/N-ethyl adjacent to an activating group) is 1. The maximum absolute atomic E-state index is 12.1. The third-order valence-electron chi connectivity index (χ3n) is 2.73. The SMILES string of the molecule is CNC(Cc1nc(CCC(F)(F)F)no1)CC(C)C. The molecule has 1 N–H and O–H groups in total. The Morgan fingerprint density at radius 2 is 2.00 bits per heavy atom. The zero-order valence-corrected chi connectivity index (χ0v) is 11.4. The van der Waals surface area contributed by atoms with Gasteiger partial charge in [-0.15, -0.1) is 0 Å². The summed E-state index contributed by atoms with van der Waals surface area (Å²) < 4.78 is 41.2. The van der Waals surface area contributed by atoms with Crippen molar-refractivity contribution in [2.24, 2.45) is 5.92 Å². The summed E-state index contributed by atoms with van der Waals surface area (Å²) in [7, 11) is 1.84. The predicted octanol–water partition coefficient (Wildman–Crippen LogP) is 2.74. The van der Waals surface area contributed by atoms with Gasteiger partial charge in [0, 0.05) is 18.9 Å². The molecule has 0 fully saturated rings. The van der Waals surface area contributed by atoms with Crippen molar-refractivity contribution in [1.29, 1.82) is 0 Å². The second-order valence-electron chi connectivity index (χ2n) is 5.04. The summed E-state index contributed by atoms with van der Waals surface area (Å²) in [5.74, 6) is 1.02. The van der Waals surface area contributed by atoms with E-state index in [0.29, 0.717) is 18.2 Å². The van der Waals surface area contributed by atoms with E-state index in [0.717, 1.165) is 6.42 Å². The molecule has 0 aliphatic heterocycles. The number of aromatic nitrogens is 2. The number of alkyl halides is 3. The van der Waals surface area contributed by atoms with Crippen molar-refractivity contribution in [3.8, 4) is 0 Å². The molecule has 0 saturated heterocycles. The Bertz CT molecular complexity index is 377. The first-order chi connectivity index (χ1) is 8.80. The van der Waals surface area contributed by atoms with E-state index in [2.05, 4.69) is 29.3 Å². The van der Waals surface area contributed by atoms with Crippen molar-refractivity contribution in [3.05, 3.63) is 11.7 Å². The molecule has 0 spiro atoms. The lowest BCUT2D eigenvalue weighted by atomic mass is 10.0. The van der Waals surface area contributed by atoms with Crippen LogP contribution in [0, 0.1) is 5.92 Å². The van der Waals surface area contributed by atoms with Crippen molar-refractivity contribution in [3.63, 3.8) is 0 Å². The van der Waals surface area contributed by atoms with Crippen LogP contribution in [0.1, 0.15) is 38.4 Å². The maximum atomic E-state index is 12.1. The molecule has 0 amide bonds. The number of rotatable bonds is 7. The first-order valence-corrected chi connectivity index (χ1v) is 6.35. The van der Waals surface area contributed by atoms with Crippen LogP contribution in [0.3, 0.4) is 0 Å². The van der Waals surface area contributed by atoms with Crippen LogP contribution in [0.5, 0.6) is 0 Å². The summed E-state index contributed by atoms with van der Waals surface area (Å²) >= 11 is 0. The maximum Gasteiger partial charge on any atom is 0.389 e. The predicted molar refractivity (Wildman–Crippen MR) is 64.7 cm³/mol. The van der Waals surface area contributed by atoms with Gasteiger partial charge in [0.15, 0.2) is 5.82 Å². The monoisotopic (exact) mass is 279 g/mol. The molecule has 0 aromatic carbocycles. The minimum absolute atomic E-state index is 0.117. The number of aryl methyl sites for hydroxylation is 1. The fraction of sp³-hybridized carbons (Fsp3) is 0.833. The fourth-order valence-electron chi connectivity index (χ4n) is 1.81. The molecule has 1 aromatic rings. The zero-order chi connectivity index (χ0) is 14.5. The topological polar surface area (TPSA) is 51.0 Å². The van der Waals surface area contributed by atoms with Gasteiger partial charge >= 0.3 is 6.18 Å². The van der Waals surface area contributed by atoms with Crippen LogP contribution in [-0.4, -0.2) is 29.4 Å². The van der Waals surface area contributed by atoms with Crippen molar-refractivity contribution in [1.82, 2.24) is 15.5 Å². The summed E-state index contributed by atoms with van der Waals surface area (Å²) in [5, 5.41) is 6.71. The molecule has 1 rings (SSSR count). The molecule has 110 valence electrons. The summed E-state index contributed by atoms with van der Waals surface area (Å²) in [5.41, 5.74) is 0. The van der Waals surface area contributed by atoms with Crippen LogP contribution in [0.15, 0.2) is 4.52 Å². The molecule has 1 aromatic heterocycles. The summed E-state index contributed by atoms with van der Waals surface area (Å²) in [6.45, 7) is 4.21. The van der Waals surface area contributed by atoms with Gasteiger partial charge in [0.1, 0.15) is 0 Å². The van der Waals surface area contributed by atoms with E-state index in [4.69, 9.17) is 4.52 Å². The van der Waals surface area contributed by atoms with Crippen LogP contribution in [-0.2, 0) is 12.8 Å². The van der Waals surface area contributed by atoms with Gasteiger partial charge in [-0.3, -0.25) is 0 Å². The second-order valence-corrected chi connectivity index (χ2v) is 5.04. The molecule has 4 nitrogen and oxygen atoms in total. The van der Waals surface area contributed by atoms with E-state index in [1.807, 2.05) is 7.05 Å². The number of halogens is 3. The molecule has 0 saturated carbocycles. The molecule has 7 heteroatoms. The Balaban J connectivity index is 2.49. The Labute approximate surface area is 110 Å². The lowest BCUT2D eigenvalue weighted by Gasteiger charge is -2.15. The molecule has 0 bridgehead atoms. The first-order valence-electron chi connectivity index (χ1n) is 6.35. The van der Waals surface area contributed by atoms with Crippen LogP contribution < -0.4 is 5.32 Å². The second kappa shape index (κ2) is 6.88. The van der Waals surface area contributed by atoms with E-state index in [9.17, 15) is 13.2 Å². The molecular weight excluding hydrogens is 259 g/mol. The molecule has 0 radical (unpaired) electrons. The number of hydrogen-bond acceptors (Lipinski definition) is 4. The van der Waals surface area contributed by atoms with Gasteiger partial charge < -0.3 is 9.84 Å². The summed E-state index contributed by atoms with van der Waals surface area (Å²) in [6, 6.07) is 0.191. The Morgan fingerprint density at radius 1 is 1.32 bits per heavy atom.